The number of benzene rings is 1. The first kappa shape index (κ1) is 15.5. The fourth-order valence-corrected chi connectivity index (χ4v) is 2.76. The number of nitrogens with zero attached hydrogens (tertiary/aromatic N) is 6. The summed E-state index contributed by atoms with van der Waals surface area (Å²) in [5, 5.41) is 0.687. The number of imidazole rings is 1. The molecular weight excluding hydrogens is 336 g/mol. The summed E-state index contributed by atoms with van der Waals surface area (Å²) in [4.78, 5) is 19.6. The van der Waals surface area contributed by atoms with Crippen LogP contribution in [0.2, 0.25) is 5.02 Å². The van der Waals surface area contributed by atoms with Gasteiger partial charge in [0.1, 0.15) is 5.82 Å². The number of fused-ring (bicyclic) bond motifs is 1. The Kier molecular flexibility index (Phi) is 3.82. The molecule has 25 heavy (non-hydrogen) atoms. The van der Waals surface area contributed by atoms with Gasteiger partial charge in [0.2, 0.25) is 5.95 Å². The van der Waals surface area contributed by atoms with Crippen LogP contribution in [0.5, 0.6) is 0 Å². The third-order valence-electron chi connectivity index (χ3n) is 3.84. The van der Waals surface area contributed by atoms with Crippen LogP contribution < -0.4 is 4.90 Å². The molecule has 124 valence electrons. The summed E-state index contributed by atoms with van der Waals surface area (Å²) in [6.45, 7) is 0. The second-order valence-electron chi connectivity index (χ2n) is 5.78. The van der Waals surface area contributed by atoms with Crippen molar-refractivity contribution in [2.75, 3.05) is 19.0 Å². The molecule has 0 fully saturated rings. The van der Waals surface area contributed by atoms with Crippen LogP contribution >= 0.6 is 11.6 Å². The summed E-state index contributed by atoms with van der Waals surface area (Å²) < 4.78 is 2.03. The summed E-state index contributed by atoms with van der Waals surface area (Å²) in [6, 6.07) is 9.51. The fraction of sp³-hybridized carbons (Fsp3) is 0.111. The minimum atomic E-state index is 0.652. The summed E-state index contributed by atoms with van der Waals surface area (Å²) in [5.74, 6) is 1.41. The molecule has 4 aromatic rings. The number of anilines is 1. The Labute approximate surface area is 149 Å². The number of halogens is 1. The maximum atomic E-state index is 6.03. The van der Waals surface area contributed by atoms with Gasteiger partial charge in [0, 0.05) is 43.4 Å². The van der Waals surface area contributed by atoms with Crippen molar-refractivity contribution in [1.82, 2.24) is 24.5 Å². The van der Waals surface area contributed by atoms with Crippen LogP contribution in [0.25, 0.3) is 28.1 Å². The minimum Gasteiger partial charge on any atom is -0.347 e. The van der Waals surface area contributed by atoms with Gasteiger partial charge in [0.25, 0.3) is 0 Å². The lowest BCUT2D eigenvalue weighted by Crippen LogP contribution is -2.12. The van der Waals surface area contributed by atoms with E-state index in [9.17, 15) is 0 Å². The first-order valence-corrected chi connectivity index (χ1v) is 8.09. The predicted molar refractivity (Wildman–Crippen MR) is 99.2 cm³/mol. The molecule has 6 nitrogen and oxygen atoms in total. The van der Waals surface area contributed by atoms with Crippen molar-refractivity contribution in [3.05, 3.63) is 60.1 Å². The predicted octanol–water partition coefficient (Wildman–Crippen LogP) is 3.60. The third kappa shape index (κ3) is 2.81. The zero-order valence-electron chi connectivity index (χ0n) is 13.8. The Bertz CT molecular complexity index is 1020. The Morgan fingerprint density at radius 3 is 2.36 bits per heavy atom. The highest BCUT2D eigenvalue weighted by molar-refractivity contribution is 6.30. The van der Waals surface area contributed by atoms with Crippen molar-refractivity contribution in [1.29, 1.82) is 0 Å². The minimum absolute atomic E-state index is 0.652. The Morgan fingerprint density at radius 2 is 1.68 bits per heavy atom. The van der Waals surface area contributed by atoms with Crippen LogP contribution in [-0.2, 0) is 0 Å². The summed E-state index contributed by atoms with van der Waals surface area (Å²) in [6.07, 6.45) is 7.10. The van der Waals surface area contributed by atoms with E-state index in [1.54, 1.807) is 24.8 Å². The monoisotopic (exact) mass is 350 g/mol. The highest BCUT2D eigenvalue weighted by Crippen LogP contribution is 2.28. The van der Waals surface area contributed by atoms with Gasteiger partial charge in [0.05, 0.1) is 22.8 Å². The zero-order valence-corrected chi connectivity index (χ0v) is 14.5. The van der Waals surface area contributed by atoms with E-state index in [2.05, 4.69) is 15.0 Å². The van der Waals surface area contributed by atoms with Crippen molar-refractivity contribution in [2.24, 2.45) is 0 Å². The molecule has 0 spiro atoms. The normalized spacial score (nSPS) is 11.0. The van der Waals surface area contributed by atoms with Gasteiger partial charge < -0.3 is 4.90 Å². The van der Waals surface area contributed by atoms with Gasteiger partial charge in [-0.25, -0.2) is 15.0 Å². The number of pyridine rings is 1. The molecule has 0 aliphatic heterocycles. The molecule has 0 atom stereocenters. The van der Waals surface area contributed by atoms with E-state index in [-0.39, 0.29) is 0 Å². The molecule has 0 N–H and O–H groups in total. The highest BCUT2D eigenvalue weighted by Gasteiger charge is 2.15. The van der Waals surface area contributed by atoms with Crippen LogP contribution in [0.3, 0.4) is 0 Å². The van der Waals surface area contributed by atoms with Crippen molar-refractivity contribution in [2.45, 2.75) is 0 Å². The van der Waals surface area contributed by atoms with E-state index in [1.165, 1.54) is 0 Å². The summed E-state index contributed by atoms with van der Waals surface area (Å²) >= 11 is 6.03. The van der Waals surface area contributed by atoms with Gasteiger partial charge in [-0.1, -0.05) is 11.6 Å². The molecule has 0 unspecified atom stereocenters. The number of rotatable bonds is 3. The van der Waals surface area contributed by atoms with Gasteiger partial charge in [-0.3, -0.25) is 9.55 Å². The van der Waals surface area contributed by atoms with E-state index in [0.717, 1.165) is 28.1 Å². The van der Waals surface area contributed by atoms with E-state index < -0.39 is 0 Å². The summed E-state index contributed by atoms with van der Waals surface area (Å²) in [5.41, 5.74) is 3.55. The second-order valence-corrected chi connectivity index (χ2v) is 6.21. The number of aromatic nitrogens is 5. The van der Waals surface area contributed by atoms with E-state index in [0.29, 0.717) is 11.0 Å². The van der Waals surface area contributed by atoms with Crippen LogP contribution in [0, 0.1) is 0 Å². The zero-order chi connectivity index (χ0) is 17.4. The second kappa shape index (κ2) is 6.14. The molecule has 7 heteroatoms. The lowest BCUT2D eigenvalue weighted by molar-refractivity contribution is 0.992. The van der Waals surface area contributed by atoms with Gasteiger partial charge >= 0.3 is 0 Å². The first-order chi connectivity index (χ1) is 12.1. The molecule has 0 aliphatic carbocycles. The third-order valence-corrected chi connectivity index (χ3v) is 4.09. The quantitative estimate of drug-likeness (QED) is 0.565. The first-order valence-electron chi connectivity index (χ1n) is 7.71. The van der Waals surface area contributed by atoms with Crippen molar-refractivity contribution in [3.8, 4) is 17.1 Å². The van der Waals surface area contributed by atoms with Gasteiger partial charge in [-0.05, 0) is 30.3 Å². The number of hydrogen-bond donors (Lipinski definition) is 0. The van der Waals surface area contributed by atoms with Crippen LogP contribution in [-0.4, -0.2) is 38.6 Å². The molecule has 4 rings (SSSR count). The average molecular weight is 351 g/mol. The highest BCUT2D eigenvalue weighted by atomic mass is 35.5. The fourth-order valence-electron chi connectivity index (χ4n) is 2.64. The molecule has 0 amide bonds. The van der Waals surface area contributed by atoms with Crippen molar-refractivity contribution in [3.63, 3.8) is 0 Å². The van der Waals surface area contributed by atoms with Gasteiger partial charge in [0.15, 0.2) is 0 Å². The maximum Gasteiger partial charge on any atom is 0.224 e. The molecule has 0 aliphatic rings. The van der Waals surface area contributed by atoms with Crippen LogP contribution in [0.1, 0.15) is 0 Å². The molecular formula is C18H15ClN6. The number of hydrogen-bond acceptors (Lipinski definition) is 5. The smallest absolute Gasteiger partial charge is 0.224 e. The Balaban J connectivity index is 1.94. The molecule has 3 heterocycles. The average Bonchev–Trinajstić information content (AvgIpc) is 3.02. The Morgan fingerprint density at radius 1 is 0.960 bits per heavy atom. The van der Waals surface area contributed by atoms with E-state index >= 15 is 0 Å². The van der Waals surface area contributed by atoms with Crippen molar-refractivity contribution >= 4 is 28.6 Å². The maximum absolute atomic E-state index is 6.03. The standard InChI is InChI=1S/C18H15ClN6/c1-24(2)18-21-9-12(10-22-18)17-23-15-7-8-20-11-16(15)25(17)14-5-3-13(19)4-6-14/h3-11H,1-2H3. The molecule has 0 radical (unpaired) electrons. The van der Waals surface area contributed by atoms with Gasteiger partial charge in [-0.2, -0.15) is 0 Å². The molecule has 0 saturated heterocycles. The largest absolute Gasteiger partial charge is 0.347 e. The van der Waals surface area contributed by atoms with E-state index in [1.807, 2.05) is 53.9 Å². The van der Waals surface area contributed by atoms with Gasteiger partial charge in [-0.15, -0.1) is 0 Å². The molecule has 3 aromatic heterocycles. The molecule has 1 aromatic carbocycles. The Hall–Kier alpha value is -2.99. The lowest BCUT2D eigenvalue weighted by Gasteiger charge is -2.11. The lowest BCUT2D eigenvalue weighted by atomic mass is 10.2. The summed E-state index contributed by atoms with van der Waals surface area (Å²) in [7, 11) is 3.81. The SMILES string of the molecule is CN(C)c1ncc(-c2nc3ccncc3n2-c2ccc(Cl)cc2)cn1. The topological polar surface area (TPSA) is 59.7 Å². The van der Waals surface area contributed by atoms with Crippen LogP contribution in [0.15, 0.2) is 55.1 Å². The van der Waals surface area contributed by atoms with Crippen LogP contribution in [0.4, 0.5) is 5.95 Å². The molecule has 0 bridgehead atoms. The molecule has 0 saturated carbocycles. The van der Waals surface area contributed by atoms with Crippen molar-refractivity contribution < 1.29 is 0 Å². The van der Waals surface area contributed by atoms with E-state index in [4.69, 9.17) is 16.6 Å².